The molecule has 5 nitrogen and oxygen atoms in total. The van der Waals surface area contributed by atoms with Gasteiger partial charge in [-0.2, -0.15) is 0 Å². The van der Waals surface area contributed by atoms with Gasteiger partial charge in [0.05, 0.1) is 19.3 Å². The normalized spacial score (nSPS) is 10.6. The van der Waals surface area contributed by atoms with Crippen LogP contribution in [0.2, 0.25) is 0 Å². The molecule has 0 saturated carbocycles. The molecule has 0 saturated heterocycles. The van der Waals surface area contributed by atoms with E-state index in [0.717, 1.165) is 0 Å². The molecule has 2 aromatic rings. The minimum absolute atomic E-state index is 0.388. The first-order chi connectivity index (χ1) is 8.76. The standard InChI is InChI=1S/C12H14FN3O2/c1-17-6-5-16-8-14-15-12(16)10-4-3-9(18-2)7-11(10)13/h3-4,7-8H,5-6H2,1-2H3. The minimum atomic E-state index is -0.388. The molecular formula is C12H14FN3O2. The fraction of sp³-hybridized carbons (Fsp3) is 0.333. The van der Waals surface area contributed by atoms with Gasteiger partial charge in [-0.05, 0) is 12.1 Å². The molecule has 0 radical (unpaired) electrons. The first-order valence-corrected chi connectivity index (χ1v) is 5.47. The van der Waals surface area contributed by atoms with Gasteiger partial charge in [0, 0.05) is 19.7 Å². The molecule has 18 heavy (non-hydrogen) atoms. The van der Waals surface area contributed by atoms with Gasteiger partial charge in [0.15, 0.2) is 5.82 Å². The Morgan fingerprint density at radius 2 is 2.17 bits per heavy atom. The molecule has 2 rings (SSSR count). The van der Waals surface area contributed by atoms with E-state index in [0.29, 0.717) is 30.3 Å². The van der Waals surface area contributed by atoms with Crippen LogP contribution >= 0.6 is 0 Å². The number of benzene rings is 1. The van der Waals surface area contributed by atoms with E-state index in [1.807, 2.05) is 0 Å². The van der Waals surface area contributed by atoms with E-state index in [9.17, 15) is 4.39 Å². The lowest BCUT2D eigenvalue weighted by atomic mass is 10.2. The molecule has 0 atom stereocenters. The first-order valence-electron chi connectivity index (χ1n) is 5.47. The van der Waals surface area contributed by atoms with E-state index in [2.05, 4.69) is 10.2 Å². The Labute approximate surface area is 104 Å². The Balaban J connectivity index is 2.33. The maximum atomic E-state index is 13.9. The zero-order valence-electron chi connectivity index (χ0n) is 10.3. The van der Waals surface area contributed by atoms with Crippen molar-refractivity contribution in [3.8, 4) is 17.1 Å². The van der Waals surface area contributed by atoms with Crippen molar-refractivity contribution >= 4 is 0 Å². The van der Waals surface area contributed by atoms with Crippen LogP contribution in [0.4, 0.5) is 4.39 Å². The summed E-state index contributed by atoms with van der Waals surface area (Å²) in [6.07, 6.45) is 1.55. The zero-order chi connectivity index (χ0) is 13.0. The molecule has 1 aromatic carbocycles. The maximum Gasteiger partial charge on any atom is 0.166 e. The summed E-state index contributed by atoms with van der Waals surface area (Å²) in [6.45, 7) is 1.09. The van der Waals surface area contributed by atoms with Crippen molar-refractivity contribution < 1.29 is 13.9 Å². The molecule has 0 amide bonds. The minimum Gasteiger partial charge on any atom is -0.497 e. The average Bonchev–Trinajstić information content (AvgIpc) is 2.84. The third-order valence-electron chi connectivity index (χ3n) is 2.57. The van der Waals surface area contributed by atoms with Crippen LogP contribution in [0.1, 0.15) is 0 Å². The number of halogens is 1. The molecule has 0 aliphatic carbocycles. The van der Waals surface area contributed by atoms with Gasteiger partial charge in [-0.3, -0.25) is 0 Å². The number of methoxy groups -OCH3 is 2. The number of hydrogen-bond donors (Lipinski definition) is 0. The largest absolute Gasteiger partial charge is 0.497 e. The van der Waals surface area contributed by atoms with Gasteiger partial charge < -0.3 is 14.0 Å². The van der Waals surface area contributed by atoms with Gasteiger partial charge in [-0.25, -0.2) is 4.39 Å². The molecule has 1 heterocycles. The highest BCUT2D eigenvalue weighted by Gasteiger charge is 2.12. The second kappa shape index (κ2) is 5.59. The van der Waals surface area contributed by atoms with Crippen molar-refractivity contribution in [2.24, 2.45) is 0 Å². The summed E-state index contributed by atoms with van der Waals surface area (Å²) in [5.41, 5.74) is 0.393. The number of rotatable bonds is 5. The molecule has 1 aromatic heterocycles. The third-order valence-corrected chi connectivity index (χ3v) is 2.57. The third kappa shape index (κ3) is 2.48. The highest BCUT2D eigenvalue weighted by Crippen LogP contribution is 2.24. The zero-order valence-corrected chi connectivity index (χ0v) is 10.3. The lowest BCUT2D eigenvalue weighted by Gasteiger charge is -2.07. The number of nitrogens with zero attached hydrogens (tertiary/aromatic N) is 3. The van der Waals surface area contributed by atoms with Gasteiger partial charge in [0.25, 0.3) is 0 Å². The fourth-order valence-corrected chi connectivity index (χ4v) is 1.62. The Kier molecular flexibility index (Phi) is 3.88. The van der Waals surface area contributed by atoms with Crippen molar-refractivity contribution in [3.05, 3.63) is 30.3 Å². The quantitative estimate of drug-likeness (QED) is 0.812. The second-order valence-electron chi connectivity index (χ2n) is 3.69. The number of hydrogen-bond acceptors (Lipinski definition) is 4. The lowest BCUT2D eigenvalue weighted by Crippen LogP contribution is -2.05. The molecule has 0 N–H and O–H groups in total. The monoisotopic (exact) mass is 251 g/mol. The Bertz CT molecular complexity index is 528. The van der Waals surface area contributed by atoms with Crippen LogP contribution in [0.25, 0.3) is 11.4 Å². The van der Waals surface area contributed by atoms with Crippen LogP contribution in [0.3, 0.4) is 0 Å². The second-order valence-corrected chi connectivity index (χ2v) is 3.69. The van der Waals surface area contributed by atoms with Gasteiger partial charge in [-0.1, -0.05) is 0 Å². The van der Waals surface area contributed by atoms with Crippen LogP contribution < -0.4 is 4.74 Å². The van der Waals surface area contributed by atoms with E-state index in [1.54, 1.807) is 30.1 Å². The molecule has 0 spiro atoms. The Morgan fingerprint density at radius 3 is 2.83 bits per heavy atom. The number of ether oxygens (including phenoxy) is 2. The van der Waals surface area contributed by atoms with E-state index in [1.165, 1.54) is 13.2 Å². The number of aromatic nitrogens is 3. The predicted octanol–water partition coefficient (Wildman–Crippen LogP) is 1.74. The van der Waals surface area contributed by atoms with E-state index >= 15 is 0 Å². The average molecular weight is 251 g/mol. The lowest BCUT2D eigenvalue weighted by molar-refractivity contribution is 0.187. The van der Waals surface area contributed by atoms with Gasteiger partial charge >= 0.3 is 0 Å². The van der Waals surface area contributed by atoms with Crippen LogP contribution in [-0.4, -0.2) is 35.6 Å². The molecule has 0 aliphatic rings. The highest BCUT2D eigenvalue weighted by atomic mass is 19.1. The molecular weight excluding hydrogens is 237 g/mol. The van der Waals surface area contributed by atoms with Gasteiger partial charge in [0.1, 0.15) is 17.9 Å². The summed E-state index contributed by atoms with van der Waals surface area (Å²) < 4.78 is 25.6. The van der Waals surface area contributed by atoms with Crippen molar-refractivity contribution in [2.75, 3.05) is 20.8 Å². The van der Waals surface area contributed by atoms with E-state index in [4.69, 9.17) is 9.47 Å². The maximum absolute atomic E-state index is 13.9. The smallest absolute Gasteiger partial charge is 0.166 e. The van der Waals surface area contributed by atoms with Crippen LogP contribution in [0.5, 0.6) is 5.75 Å². The molecule has 0 unspecified atom stereocenters. The highest BCUT2D eigenvalue weighted by molar-refractivity contribution is 5.57. The summed E-state index contributed by atoms with van der Waals surface area (Å²) in [4.78, 5) is 0. The molecule has 0 fully saturated rings. The van der Waals surface area contributed by atoms with E-state index in [-0.39, 0.29) is 5.82 Å². The van der Waals surface area contributed by atoms with Crippen LogP contribution in [-0.2, 0) is 11.3 Å². The Morgan fingerprint density at radius 1 is 1.33 bits per heavy atom. The fourth-order valence-electron chi connectivity index (χ4n) is 1.62. The van der Waals surface area contributed by atoms with Gasteiger partial charge in [0.2, 0.25) is 0 Å². The van der Waals surface area contributed by atoms with Crippen LogP contribution in [0.15, 0.2) is 24.5 Å². The summed E-state index contributed by atoms with van der Waals surface area (Å²) in [5, 5.41) is 7.73. The first kappa shape index (κ1) is 12.5. The molecule has 6 heteroatoms. The molecule has 96 valence electrons. The topological polar surface area (TPSA) is 49.2 Å². The van der Waals surface area contributed by atoms with Crippen molar-refractivity contribution in [2.45, 2.75) is 6.54 Å². The van der Waals surface area contributed by atoms with Crippen LogP contribution in [0, 0.1) is 5.82 Å². The summed E-state index contributed by atoms with van der Waals surface area (Å²) in [7, 11) is 3.10. The predicted molar refractivity (Wildman–Crippen MR) is 63.8 cm³/mol. The summed E-state index contributed by atoms with van der Waals surface area (Å²) in [5.74, 6) is 0.562. The van der Waals surface area contributed by atoms with E-state index < -0.39 is 0 Å². The van der Waals surface area contributed by atoms with Crippen molar-refractivity contribution in [1.82, 2.24) is 14.8 Å². The molecule has 0 aliphatic heterocycles. The summed E-state index contributed by atoms with van der Waals surface area (Å²) >= 11 is 0. The molecule has 0 bridgehead atoms. The Hall–Kier alpha value is -1.95. The summed E-state index contributed by atoms with van der Waals surface area (Å²) in [6, 6.07) is 4.64. The SMILES string of the molecule is COCCn1cnnc1-c1ccc(OC)cc1F. The van der Waals surface area contributed by atoms with Crippen molar-refractivity contribution in [1.29, 1.82) is 0 Å². The van der Waals surface area contributed by atoms with Gasteiger partial charge in [-0.15, -0.1) is 10.2 Å². The van der Waals surface area contributed by atoms with Crippen molar-refractivity contribution in [3.63, 3.8) is 0 Å².